The summed E-state index contributed by atoms with van der Waals surface area (Å²) < 4.78 is 29.6. The van der Waals surface area contributed by atoms with E-state index in [9.17, 15) is 14.0 Å². The Bertz CT molecular complexity index is 897. The molecular formula is C23H27FN2O5. The molecule has 1 fully saturated rings. The lowest BCUT2D eigenvalue weighted by Crippen LogP contribution is -2.44. The molecule has 0 unspecified atom stereocenters. The Balaban J connectivity index is 1.60. The highest BCUT2D eigenvalue weighted by Gasteiger charge is 2.23. The fourth-order valence-electron chi connectivity index (χ4n) is 3.44. The molecular weight excluding hydrogens is 403 g/mol. The molecule has 1 aliphatic rings. The van der Waals surface area contributed by atoms with Crippen molar-refractivity contribution >= 4 is 11.7 Å². The first kappa shape index (κ1) is 22.7. The molecule has 166 valence electrons. The monoisotopic (exact) mass is 430 g/mol. The number of ketones is 1. The average Bonchev–Trinajstić information content (AvgIpc) is 2.79. The molecule has 2 aromatic carbocycles. The van der Waals surface area contributed by atoms with Gasteiger partial charge in [0.05, 0.1) is 26.4 Å². The van der Waals surface area contributed by atoms with E-state index in [1.54, 1.807) is 30.3 Å². The standard InChI is InChI=1S/C23H27FN2O5/c1-16(27)18-5-8-21(22(13-18)29-2)31-15-23(28)25-14-20(26-9-11-30-12-10-26)17-3-6-19(24)7-4-17/h3-8,13,20H,9-12,14-15H2,1-2H3,(H,25,28)/t20-/m0/s1. The van der Waals surface area contributed by atoms with Gasteiger partial charge in [0.1, 0.15) is 5.82 Å². The topological polar surface area (TPSA) is 77.1 Å². The van der Waals surface area contributed by atoms with Crippen molar-refractivity contribution in [1.29, 1.82) is 0 Å². The molecule has 0 saturated carbocycles. The van der Waals surface area contributed by atoms with E-state index in [0.717, 1.165) is 18.7 Å². The molecule has 0 bridgehead atoms. The van der Waals surface area contributed by atoms with Gasteiger partial charge in [-0.1, -0.05) is 12.1 Å². The molecule has 7 nitrogen and oxygen atoms in total. The number of halogens is 1. The smallest absolute Gasteiger partial charge is 0.258 e. The van der Waals surface area contributed by atoms with Crippen molar-refractivity contribution in [2.45, 2.75) is 13.0 Å². The lowest BCUT2D eigenvalue weighted by Gasteiger charge is -2.35. The summed E-state index contributed by atoms with van der Waals surface area (Å²) in [5.74, 6) is 0.0891. The van der Waals surface area contributed by atoms with Gasteiger partial charge in [-0.2, -0.15) is 0 Å². The first-order valence-electron chi connectivity index (χ1n) is 10.1. The lowest BCUT2D eigenvalue weighted by atomic mass is 10.0. The van der Waals surface area contributed by atoms with Crippen LogP contribution < -0.4 is 14.8 Å². The third-order valence-corrected chi connectivity index (χ3v) is 5.16. The fourth-order valence-corrected chi connectivity index (χ4v) is 3.44. The molecule has 1 aliphatic heterocycles. The van der Waals surface area contributed by atoms with Crippen LogP contribution in [-0.4, -0.2) is 63.2 Å². The maximum absolute atomic E-state index is 13.4. The number of Topliss-reactive ketones (excluding diaryl/α,β-unsaturated/α-hetero) is 1. The second-order valence-electron chi connectivity index (χ2n) is 7.23. The number of carbonyl (C=O) groups excluding carboxylic acids is 2. The molecule has 1 saturated heterocycles. The first-order chi connectivity index (χ1) is 15.0. The third kappa shape index (κ3) is 6.26. The third-order valence-electron chi connectivity index (χ3n) is 5.16. The van der Waals surface area contributed by atoms with Crippen LogP contribution in [0.25, 0.3) is 0 Å². The van der Waals surface area contributed by atoms with Crippen LogP contribution in [0.4, 0.5) is 4.39 Å². The van der Waals surface area contributed by atoms with Crippen molar-refractivity contribution in [3.05, 3.63) is 59.4 Å². The molecule has 1 N–H and O–H groups in total. The predicted molar refractivity (Wildman–Crippen MR) is 113 cm³/mol. The van der Waals surface area contributed by atoms with E-state index in [2.05, 4.69) is 10.2 Å². The SMILES string of the molecule is COc1cc(C(C)=O)ccc1OCC(=O)NC[C@@H](c1ccc(F)cc1)N1CCOCC1. The number of ether oxygens (including phenoxy) is 3. The first-order valence-corrected chi connectivity index (χ1v) is 10.1. The van der Waals surface area contributed by atoms with Gasteiger partial charge in [0.15, 0.2) is 23.9 Å². The molecule has 3 rings (SSSR count). The van der Waals surface area contributed by atoms with Crippen LogP contribution in [0.3, 0.4) is 0 Å². The second-order valence-corrected chi connectivity index (χ2v) is 7.23. The number of nitrogens with one attached hydrogen (secondary N) is 1. The van der Waals surface area contributed by atoms with Gasteiger partial charge in [0.2, 0.25) is 0 Å². The van der Waals surface area contributed by atoms with E-state index in [4.69, 9.17) is 14.2 Å². The van der Waals surface area contributed by atoms with E-state index in [0.29, 0.717) is 36.8 Å². The molecule has 8 heteroatoms. The molecule has 1 amide bonds. The Kier molecular flexibility index (Phi) is 7.97. The van der Waals surface area contributed by atoms with Crippen molar-refractivity contribution in [1.82, 2.24) is 10.2 Å². The fraction of sp³-hybridized carbons (Fsp3) is 0.391. The van der Waals surface area contributed by atoms with Crippen molar-refractivity contribution in [3.8, 4) is 11.5 Å². The van der Waals surface area contributed by atoms with Crippen LogP contribution in [0.5, 0.6) is 11.5 Å². The van der Waals surface area contributed by atoms with Crippen molar-refractivity contribution < 1.29 is 28.2 Å². The van der Waals surface area contributed by atoms with Crippen LogP contribution in [0.15, 0.2) is 42.5 Å². The van der Waals surface area contributed by atoms with Gasteiger partial charge in [0, 0.05) is 25.2 Å². The Hall–Kier alpha value is -2.97. The van der Waals surface area contributed by atoms with Crippen molar-refractivity contribution in [3.63, 3.8) is 0 Å². The van der Waals surface area contributed by atoms with Gasteiger partial charge in [-0.25, -0.2) is 4.39 Å². The van der Waals surface area contributed by atoms with E-state index < -0.39 is 0 Å². The predicted octanol–water partition coefficient (Wildman–Crippen LogP) is 2.61. The van der Waals surface area contributed by atoms with Crippen molar-refractivity contribution in [2.75, 3.05) is 46.6 Å². The number of hydrogen-bond donors (Lipinski definition) is 1. The largest absolute Gasteiger partial charge is 0.493 e. The van der Waals surface area contributed by atoms with Gasteiger partial charge < -0.3 is 19.5 Å². The number of carbonyl (C=O) groups is 2. The van der Waals surface area contributed by atoms with Crippen LogP contribution in [0, 0.1) is 5.82 Å². The molecule has 31 heavy (non-hydrogen) atoms. The molecule has 0 aliphatic carbocycles. The van der Waals surface area contributed by atoms with Gasteiger partial charge in [-0.05, 0) is 42.8 Å². The number of benzene rings is 2. The molecule has 1 atom stereocenters. The number of nitrogens with zero attached hydrogens (tertiary/aromatic N) is 1. The number of methoxy groups -OCH3 is 1. The molecule has 0 radical (unpaired) electrons. The Morgan fingerprint density at radius 3 is 2.48 bits per heavy atom. The highest BCUT2D eigenvalue weighted by Crippen LogP contribution is 2.28. The highest BCUT2D eigenvalue weighted by atomic mass is 19.1. The molecule has 2 aromatic rings. The summed E-state index contributed by atoms with van der Waals surface area (Å²) in [6.45, 7) is 4.32. The highest BCUT2D eigenvalue weighted by molar-refractivity contribution is 5.94. The maximum atomic E-state index is 13.4. The van der Waals surface area contributed by atoms with Gasteiger partial charge in [0.25, 0.3) is 5.91 Å². The number of rotatable bonds is 9. The summed E-state index contributed by atoms with van der Waals surface area (Å²) in [7, 11) is 1.47. The van der Waals surface area contributed by atoms with Crippen LogP contribution in [-0.2, 0) is 9.53 Å². The summed E-state index contributed by atoms with van der Waals surface area (Å²) in [5, 5.41) is 2.90. The Morgan fingerprint density at radius 1 is 1.13 bits per heavy atom. The summed E-state index contributed by atoms with van der Waals surface area (Å²) in [6.07, 6.45) is 0. The Morgan fingerprint density at radius 2 is 1.84 bits per heavy atom. The minimum atomic E-state index is -0.299. The summed E-state index contributed by atoms with van der Waals surface area (Å²) in [4.78, 5) is 26.2. The molecule has 0 aromatic heterocycles. The summed E-state index contributed by atoms with van der Waals surface area (Å²) in [6, 6.07) is 11.0. The summed E-state index contributed by atoms with van der Waals surface area (Å²) >= 11 is 0. The number of morpholine rings is 1. The zero-order chi connectivity index (χ0) is 22.2. The molecule has 1 heterocycles. The Labute approximate surface area is 181 Å². The normalized spacial score (nSPS) is 15.2. The second kappa shape index (κ2) is 10.9. The van der Waals surface area contributed by atoms with Crippen LogP contribution in [0.2, 0.25) is 0 Å². The zero-order valence-electron chi connectivity index (χ0n) is 17.7. The lowest BCUT2D eigenvalue weighted by molar-refractivity contribution is -0.123. The zero-order valence-corrected chi connectivity index (χ0v) is 17.7. The van der Waals surface area contributed by atoms with Gasteiger partial charge >= 0.3 is 0 Å². The minimum Gasteiger partial charge on any atom is -0.493 e. The maximum Gasteiger partial charge on any atom is 0.258 e. The van der Waals surface area contributed by atoms with E-state index in [1.165, 1.54) is 26.2 Å². The number of hydrogen-bond acceptors (Lipinski definition) is 6. The average molecular weight is 430 g/mol. The van der Waals surface area contributed by atoms with E-state index >= 15 is 0 Å². The summed E-state index contributed by atoms with van der Waals surface area (Å²) in [5.41, 5.74) is 1.42. The van der Waals surface area contributed by atoms with Gasteiger partial charge in [-0.15, -0.1) is 0 Å². The van der Waals surface area contributed by atoms with Crippen LogP contribution >= 0.6 is 0 Å². The van der Waals surface area contributed by atoms with E-state index in [-0.39, 0.29) is 30.2 Å². The molecule has 0 spiro atoms. The minimum absolute atomic E-state index is 0.0856. The number of amides is 1. The van der Waals surface area contributed by atoms with Crippen molar-refractivity contribution in [2.24, 2.45) is 0 Å². The van der Waals surface area contributed by atoms with Gasteiger partial charge in [-0.3, -0.25) is 14.5 Å². The van der Waals surface area contributed by atoms with Crippen LogP contribution in [0.1, 0.15) is 28.9 Å². The van der Waals surface area contributed by atoms with E-state index in [1.807, 2.05) is 0 Å². The quantitative estimate of drug-likeness (QED) is 0.617.